The van der Waals surface area contributed by atoms with E-state index in [1.807, 2.05) is 47.8 Å². The third-order valence-electron chi connectivity index (χ3n) is 6.36. The van der Waals surface area contributed by atoms with E-state index >= 15 is 0 Å². The van der Waals surface area contributed by atoms with Crippen LogP contribution in [0.5, 0.6) is 11.5 Å². The van der Waals surface area contributed by atoms with Gasteiger partial charge in [-0.3, -0.25) is 0 Å². The molecule has 1 N–H and O–H groups in total. The number of nitrogens with zero attached hydrogens (tertiary/aromatic N) is 1. The van der Waals surface area contributed by atoms with Crippen molar-refractivity contribution in [1.82, 2.24) is 4.98 Å². The fraction of sp³-hybridized carbons (Fsp3) is 0.516. The molecule has 1 atom stereocenters. The van der Waals surface area contributed by atoms with Crippen LogP contribution < -0.4 is 13.6 Å². The van der Waals surface area contributed by atoms with Crippen LogP contribution in [0.4, 0.5) is 5.13 Å². The SMILES string of the molecule is CCCCCCCCOc1ccc(C(C)(C)CC(C)(C)C)cc1OS(=O)Nc1nc(-c2ccccc2)cs1.[2HH]. The summed E-state index contributed by atoms with van der Waals surface area (Å²) in [7, 11) is 0. The van der Waals surface area contributed by atoms with Crippen molar-refractivity contribution >= 4 is 27.7 Å². The first-order valence-corrected chi connectivity index (χ1v) is 15.7. The molecular formula is C31H46N2O3S2. The van der Waals surface area contributed by atoms with E-state index in [1.54, 1.807) is 0 Å². The second-order valence-electron chi connectivity index (χ2n) is 11.7. The van der Waals surface area contributed by atoms with Gasteiger partial charge < -0.3 is 8.92 Å². The molecule has 2 aromatic carbocycles. The zero-order chi connectivity index (χ0) is 27.6. The van der Waals surface area contributed by atoms with Crippen LogP contribution >= 0.6 is 11.3 Å². The van der Waals surface area contributed by atoms with Gasteiger partial charge in [0.2, 0.25) is 0 Å². The average molecular weight is 560 g/mol. The van der Waals surface area contributed by atoms with E-state index in [0.717, 1.165) is 36.1 Å². The van der Waals surface area contributed by atoms with E-state index in [1.165, 1.54) is 37.0 Å². The molecule has 0 radical (unpaired) electrons. The fourth-order valence-corrected chi connectivity index (χ4v) is 6.32. The smallest absolute Gasteiger partial charge is 0.318 e. The Morgan fingerprint density at radius 2 is 1.66 bits per heavy atom. The van der Waals surface area contributed by atoms with Crippen molar-refractivity contribution < 1.29 is 14.6 Å². The summed E-state index contributed by atoms with van der Waals surface area (Å²) >= 11 is -0.425. The van der Waals surface area contributed by atoms with Gasteiger partial charge in [0.05, 0.1) is 12.3 Å². The van der Waals surface area contributed by atoms with Gasteiger partial charge in [0.25, 0.3) is 0 Å². The summed E-state index contributed by atoms with van der Waals surface area (Å²) in [5.74, 6) is 1.11. The van der Waals surface area contributed by atoms with Gasteiger partial charge in [-0.15, -0.1) is 11.3 Å². The molecule has 1 unspecified atom stereocenters. The predicted molar refractivity (Wildman–Crippen MR) is 164 cm³/mol. The molecule has 1 aromatic heterocycles. The van der Waals surface area contributed by atoms with Gasteiger partial charge in [-0.2, -0.15) is 4.21 Å². The van der Waals surface area contributed by atoms with Gasteiger partial charge in [-0.1, -0.05) is 110 Å². The van der Waals surface area contributed by atoms with E-state index in [4.69, 9.17) is 8.92 Å². The van der Waals surface area contributed by atoms with Crippen LogP contribution in [0.1, 0.15) is 93.5 Å². The lowest BCUT2D eigenvalue weighted by Gasteiger charge is -2.33. The Morgan fingerprint density at radius 3 is 2.37 bits per heavy atom. The van der Waals surface area contributed by atoms with Crippen LogP contribution in [0.15, 0.2) is 53.9 Å². The van der Waals surface area contributed by atoms with Crippen LogP contribution in [-0.2, 0) is 16.7 Å². The summed E-state index contributed by atoms with van der Waals surface area (Å²) in [6.07, 6.45) is 8.17. The van der Waals surface area contributed by atoms with Crippen molar-refractivity contribution in [1.29, 1.82) is 0 Å². The third-order valence-corrected chi connectivity index (χ3v) is 7.94. The van der Waals surface area contributed by atoms with E-state index in [9.17, 15) is 4.21 Å². The molecule has 0 aliphatic heterocycles. The fourth-order valence-electron chi connectivity index (χ4n) is 4.84. The molecule has 3 rings (SSSR count). The zero-order valence-corrected chi connectivity index (χ0v) is 25.5. The monoisotopic (exact) mass is 559 g/mol. The van der Waals surface area contributed by atoms with Crippen molar-refractivity contribution in [2.24, 2.45) is 5.41 Å². The number of hydrogen-bond donors (Lipinski definition) is 1. The molecule has 0 saturated carbocycles. The maximum atomic E-state index is 13.0. The van der Waals surface area contributed by atoms with Crippen molar-refractivity contribution in [3.8, 4) is 22.8 Å². The van der Waals surface area contributed by atoms with Crippen molar-refractivity contribution in [2.75, 3.05) is 11.3 Å². The van der Waals surface area contributed by atoms with Gasteiger partial charge in [-0.05, 0) is 41.4 Å². The highest BCUT2D eigenvalue weighted by Crippen LogP contribution is 2.40. The molecule has 0 bridgehead atoms. The quantitative estimate of drug-likeness (QED) is 0.188. The Bertz CT molecular complexity index is 1160. The minimum atomic E-state index is -1.82. The number of ether oxygens (including phenoxy) is 1. The molecule has 7 heteroatoms. The molecule has 5 nitrogen and oxygen atoms in total. The molecule has 0 spiro atoms. The van der Waals surface area contributed by atoms with Gasteiger partial charge in [0, 0.05) is 12.4 Å². The third kappa shape index (κ3) is 9.73. The van der Waals surface area contributed by atoms with E-state index in [0.29, 0.717) is 23.2 Å². The summed E-state index contributed by atoms with van der Waals surface area (Å²) in [5, 5.41) is 2.49. The number of thiazole rings is 1. The number of unbranched alkanes of at least 4 members (excludes halogenated alkanes) is 5. The highest BCUT2D eigenvalue weighted by atomic mass is 32.2. The number of aromatic nitrogens is 1. The Kier molecular flexibility index (Phi) is 11.2. The van der Waals surface area contributed by atoms with Gasteiger partial charge in [0.1, 0.15) is 0 Å². The highest BCUT2D eigenvalue weighted by Gasteiger charge is 2.28. The molecule has 0 amide bonds. The normalized spacial score (nSPS) is 12.8. The maximum absolute atomic E-state index is 13.0. The first-order valence-electron chi connectivity index (χ1n) is 13.7. The summed E-state index contributed by atoms with van der Waals surface area (Å²) in [5.41, 5.74) is 3.07. The van der Waals surface area contributed by atoms with Crippen LogP contribution in [0.3, 0.4) is 0 Å². The van der Waals surface area contributed by atoms with Crippen molar-refractivity contribution in [3.05, 3.63) is 59.5 Å². The molecule has 210 valence electrons. The molecule has 0 fully saturated rings. The number of nitrogens with one attached hydrogen (secondary N) is 1. The Morgan fingerprint density at radius 1 is 0.947 bits per heavy atom. The number of hydrogen-bond acceptors (Lipinski definition) is 5. The van der Waals surface area contributed by atoms with Crippen LogP contribution in [0, 0.1) is 5.41 Å². The van der Waals surface area contributed by atoms with Crippen molar-refractivity contribution in [2.45, 2.75) is 91.9 Å². The molecule has 0 saturated heterocycles. The highest BCUT2D eigenvalue weighted by molar-refractivity contribution is 7.82. The zero-order valence-electron chi connectivity index (χ0n) is 23.8. The first-order chi connectivity index (χ1) is 18.1. The standard InChI is InChI=1S/C31H44N2O3S2.H2/c1-7-8-9-10-11-15-20-35-27-19-18-25(31(5,6)23-30(2,3)4)21-28(27)36-38(34)33-29-32-26(22-37-29)24-16-13-12-14-17-24;/h12-14,16-19,21-22H,7-11,15,20,23H2,1-6H3,(H,32,33);1H/i;1+1. The van der Waals surface area contributed by atoms with Crippen LogP contribution in [0.2, 0.25) is 0 Å². The van der Waals surface area contributed by atoms with Gasteiger partial charge in [0.15, 0.2) is 16.6 Å². The molecule has 1 heterocycles. The van der Waals surface area contributed by atoms with E-state index in [-0.39, 0.29) is 12.3 Å². The lowest BCUT2D eigenvalue weighted by Crippen LogP contribution is -2.25. The lowest BCUT2D eigenvalue weighted by atomic mass is 9.72. The number of rotatable bonds is 15. The summed E-state index contributed by atoms with van der Waals surface area (Å²) in [6, 6.07) is 16.0. The van der Waals surface area contributed by atoms with E-state index in [2.05, 4.69) is 57.3 Å². The molecular weight excluding hydrogens is 512 g/mol. The summed E-state index contributed by atoms with van der Waals surface area (Å²) < 4.78 is 28.0. The minimum Gasteiger partial charge on any atom is -0.490 e. The summed E-state index contributed by atoms with van der Waals surface area (Å²) in [6.45, 7) is 14.1. The van der Waals surface area contributed by atoms with Gasteiger partial charge >= 0.3 is 11.3 Å². The maximum Gasteiger partial charge on any atom is 0.318 e. The second-order valence-corrected chi connectivity index (χ2v) is 13.4. The minimum absolute atomic E-state index is 0. The topological polar surface area (TPSA) is 60.5 Å². The number of anilines is 1. The van der Waals surface area contributed by atoms with Crippen LogP contribution in [0.25, 0.3) is 11.3 Å². The predicted octanol–water partition coefficient (Wildman–Crippen LogP) is 9.58. The van der Waals surface area contributed by atoms with Crippen LogP contribution in [-0.4, -0.2) is 15.8 Å². The van der Waals surface area contributed by atoms with E-state index < -0.39 is 11.3 Å². The Balaban J connectivity index is 0.00000533. The average Bonchev–Trinajstić information content (AvgIpc) is 3.31. The summed E-state index contributed by atoms with van der Waals surface area (Å²) in [4.78, 5) is 4.58. The van der Waals surface area contributed by atoms with Crippen molar-refractivity contribution in [3.63, 3.8) is 0 Å². The Labute approximate surface area is 237 Å². The largest absolute Gasteiger partial charge is 0.490 e. The first kappa shape index (κ1) is 30.2. The molecule has 38 heavy (non-hydrogen) atoms. The molecule has 3 aromatic rings. The Hall–Kier alpha value is -2.38. The lowest BCUT2D eigenvalue weighted by molar-refractivity contribution is 0.281. The number of benzene rings is 2. The molecule has 0 aliphatic rings. The molecule has 0 aliphatic carbocycles. The second kappa shape index (κ2) is 14.1. The van der Waals surface area contributed by atoms with Gasteiger partial charge in [-0.25, -0.2) is 9.71 Å².